The number of hydrogen-bond acceptors (Lipinski definition) is 4. The molecule has 1 aromatic carbocycles. The van der Waals surface area contributed by atoms with E-state index < -0.39 is 0 Å². The van der Waals surface area contributed by atoms with E-state index in [-0.39, 0.29) is 18.5 Å². The van der Waals surface area contributed by atoms with Crippen molar-refractivity contribution in [2.24, 2.45) is 5.90 Å². The fourth-order valence-electron chi connectivity index (χ4n) is 1.12. The van der Waals surface area contributed by atoms with Crippen molar-refractivity contribution in [2.75, 3.05) is 6.61 Å². The van der Waals surface area contributed by atoms with Gasteiger partial charge in [0.15, 0.2) is 0 Å². The second-order valence-electron chi connectivity index (χ2n) is 2.73. The van der Waals surface area contributed by atoms with E-state index in [1.165, 1.54) is 0 Å². The molecule has 13 heavy (non-hydrogen) atoms. The van der Waals surface area contributed by atoms with Gasteiger partial charge >= 0.3 is 0 Å². The monoisotopic (exact) mass is 183 g/mol. The molecule has 0 amide bonds. The Morgan fingerprint density at radius 2 is 1.92 bits per heavy atom. The molecule has 0 heterocycles. The molecule has 1 aromatic rings. The lowest BCUT2D eigenvalue weighted by Gasteiger charge is -2.12. The molecule has 1 atom stereocenters. The van der Waals surface area contributed by atoms with Gasteiger partial charge in [-0.05, 0) is 17.7 Å². The molecule has 0 saturated carbocycles. The summed E-state index contributed by atoms with van der Waals surface area (Å²) in [5, 5.41) is 17.7. The third kappa shape index (κ3) is 2.69. The van der Waals surface area contributed by atoms with Crippen molar-refractivity contribution < 1.29 is 15.1 Å². The number of phenolic OH excluding ortho intramolecular Hbond substituents is 1. The summed E-state index contributed by atoms with van der Waals surface area (Å²) in [5.74, 6) is 5.25. The number of aliphatic hydroxyl groups is 1. The van der Waals surface area contributed by atoms with Crippen molar-refractivity contribution in [2.45, 2.75) is 12.5 Å². The fraction of sp³-hybridized carbons (Fsp3) is 0.333. The number of aromatic hydroxyl groups is 1. The Hall–Kier alpha value is -1.10. The van der Waals surface area contributed by atoms with Crippen molar-refractivity contribution >= 4 is 0 Å². The second kappa shape index (κ2) is 4.81. The molecule has 0 spiro atoms. The van der Waals surface area contributed by atoms with E-state index in [9.17, 15) is 0 Å². The first-order valence-corrected chi connectivity index (χ1v) is 4.03. The van der Waals surface area contributed by atoms with Crippen molar-refractivity contribution in [3.63, 3.8) is 0 Å². The molecule has 0 aliphatic heterocycles. The third-order valence-electron chi connectivity index (χ3n) is 1.82. The van der Waals surface area contributed by atoms with Crippen LogP contribution in [0.4, 0.5) is 0 Å². The lowest BCUT2D eigenvalue weighted by Crippen LogP contribution is -2.10. The maximum atomic E-state index is 9.02. The summed E-state index contributed by atoms with van der Waals surface area (Å²) in [5.41, 5.74) is 0.842. The summed E-state index contributed by atoms with van der Waals surface area (Å²) >= 11 is 0. The largest absolute Gasteiger partial charge is 0.508 e. The minimum atomic E-state index is -0.314. The number of benzene rings is 1. The Balaban J connectivity index is 2.73. The highest BCUT2D eigenvalue weighted by molar-refractivity contribution is 5.27. The average Bonchev–Trinajstić information content (AvgIpc) is 2.16. The number of hydrogen-bond donors (Lipinski definition) is 3. The molecule has 4 N–H and O–H groups in total. The predicted molar refractivity (Wildman–Crippen MR) is 47.8 cm³/mol. The highest BCUT2D eigenvalue weighted by Gasteiger charge is 2.09. The van der Waals surface area contributed by atoms with Crippen LogP contribution >= 0.6 is 0 Å². The Kier molecular flexibility index (Phi) is 3.70. The third-order valence-corrected chi connectivity index (χ3v) is 1.82. The first kappa shape index (κ1) is 9.98. The molecule has 4 heteroatoms. The van der Waals surface area contributed by atoms with E-state index in [0.717, 1.165) is 5.56 Å². The Labute approximate surface area is 76.5 Å². The molecule has 0 fully saturated rings. The van der Waals surface area contributed by atoms with Gasteiger partial charge in [0.25, 0.3) is 0 Å². The molecule has 0 aliphatic carbocycles. The van der Waals surface area contributed by atoms with Gasteiger partial charge in [-0.25, -0.2) is 5.90 Å². The molecule has 0 saturated heterocycles. The molecule has 1 rings (SSSR count). The lowest BCUT2D eigenvalue weighted by molar-refractivity contribution is 0.0342. The predicted octanol–water partition coefficient (Wildman–Crippen LogP) is 0.706. The average molecular weight is 183 g/mol. The van der Waals surface area contributed by atoms with Crippen LogP contribution in [0.25, 0.3) is 0 Å². The van der Waals surface area contributed by atoms with Gasteiger partial charge in [0, 0.05) is 13.0 Å². The van der Waals surface area contributed by atoms with E-state index in [2.05, 4.69) is 4.84 Å². The molecule has 0 aromatic heterocycles. The van der Waals surface area contributed by atoms with Crippen LogP contribution in [0.1, 0.15) is 18.1 Å². The fourth-order valence-corrected chi connectivity index (χ4v) is 1.12. The molecule has 0 radical (unpaired) electrons. The quantitative estimate of drug-likeness (QED) is 0.601. The van der Waals surface area contributed by atoms with Crippen LogP contribution in [-0.2, 0) is 4.84 Å². The molecule has 1 unspecified atom stereocenters. The van der Waals surface area contributed by atoms with Gasteiger partial charge in [0.1, 0.15) is 11.9 Å². The van der Waals surface area contributed by atoms with Crippen molar-refractivity contribution in [1.29, 1.82) is 0 Å². The Morgan fingerprint density at radius 3 is 2.38 bits per heavy atom. The van der Waals surface area contributed by atoms with E-state index in [4.69, 9.17) is 16.1 Å². The summed E-state index contributed by atoms with van der Waals surface area (Å²) in [7, 11) is 0. The first-order chi connectivity index (χ1) is 6.27. The topological polar surface area (TPSA) is 75.7 Å². The summed E-state index contributed by atoms with van der Waals surface area (Å²) in [4.78, 5) is 4.67. The molecule has 72 valence electrons. The zero-order valence-corrected chi connectivity index (χ0v) is 7.18. The SMILES string of the molecule is NOC(CCO)c1ccc(O)cc1. The second-order valence-corrected chi connectivity index (χ2v) is 2.73. The number of nitrogens with two attached hydrogens (primary N) is 1. The van der Waals surface area contributed by atoms with Gasteiger partial charge in [-0.3, -0.25) is 4.84 Å². The first-order valence-electron chi connectivity index (χ1n) is 4.03. The zero-order chi connectivity index (χ0) is 9.68. The Morgan fingerprint density at radius 1 is 1.31 bits per heavy atom. The van der Waals surface area contributed by atoms with Crippen LogP contribution in [-0.4, -0.2) is 16.8 Å². The normalized spacial score (nSPS) is 12.8. The van der Waals surface area contributed by atoms with Crippen LogP contribution in [0.2, 0.25) is 0 Å². The van der Waals surface area contributed by atoms with Gasteiger partial charge in [0.2, 0.25) is 0 Å². The minimum Gasteiger partial charge on any atom is -0.508 e. The number of rotatable bonds is 4. The van der Waals surface area contributed by atoms with E-state index in [0.29, 0.717) is 6.42 Å². The van der Waals surface area contributed by atoms with Crippen molar-refractivity contribution in [3.05, 3.63) is 29.8 Å². The molecular weight excluding hydrogens is 170 g/mol. The molecular formula is C9H13NO3. The van der Waals surface area contributed by atoms with Gasteiger partial charge < -0.3 is 10.2 Å². The standard InChI is InChI=1S/C9H13NO3/c10-13-9(5-6-11)7-1-3-8(12)4-2-7/h1-4,9,11-12H,5-6,10H2. The zero-order valence-electron chi connectivity index (χ0n) is 7.18. The summed E-state index contributed by atoms with van der Waals surface area (Å²) in [6.07, 6.45) is 0.131. The summed E-state index contributed by atoms with van der Waals surface area (Å²) < 4.78 is 0. The van der Waals surface area contributed by atoms with E-state index >= 15 is 0 Å². The molecule has 0 aliphatic rings. The van der Waals surface area contributed by atoms with Gasteiger partial charge in [0.05, 0.1) is 0 Å². The number of aliphatic hydroxyl groups excluding tert-OH is 1. The van der Waals surface area contributed by atoms with Crippen LogP contribution in [0.5, 0.6) is 5.75 Å². The highest BCUT2D eigenvalue weighted by Crippen LogP contribution is 2.21. The maximum Gasteiger partial charge on any atom is 0.115 e. The van der Waals surface area contributed by atoms with Gasteiger partial charge in [-0.1, -0.05) is 12.1 Å². The van der Waals surface area contributed by atoms with Crippen LogP contribution in [0, 0.1) is 0 Å². The van der Waals surface area contributed by atoms with Crippen molar-refractivity contribution in [3.8, 4) is 5.75 Å². The van der Waals surface area contributed by atoms with Crippen LogP contribution in [0.15, 0.2) is 24.3 Å². The maximum absolute atomic E-state index is 9.02. The highest BCUT2D eigenvalue weighted by atomic mass is 16.6. The van der Waals surface area contributed by atoms with E-state index in [1.807, 2.05) is 0 Å². The number of phenols is 1. The van der Waals surface area contributed by atoms with Crippen LogP contribution < -0.4 is 5.90 Å². The van der Waals surface area contributed by atoms with Gasteiger partial charge in [-0.2, -0.15) is 0 Å². The van der Waals surface area contributed by atoms with Crippen molar-refractivity contribution in [1.82, 2.24) is 0 Å². The van der Waals surface area contributed by atoms with Gasteiger partial charge in [-0.15, -0.1) is 0 Å². The smallest absolute Gasteiger partial charge is 0.115 e. The van der Waals surface area contributed by atoms with Crippen LogP contribution in [0.3, 0.4) is 0 Å². The summed E-state index contributed by atoms with van der Waals surface area (Å²) in [6, 6.07) is 6.53. The Bertz CT molecular complexity index is 248. The molecule has 4 nitrogen and oxygen atoms in total. The summed E-state index contributed by atoms with van der Waals surface area (Å²) in [6.45, 7) is 0.0166. The minimum absolute atomic E-state index is 0.0166. The lowest BCUT2D eigenvalue weighted by atomic mass is 10.1. The molecule has 0 bridgehead atoms. The van der Waals surface area contributed by atoms with E-state index in [1.54, 1.807) is 24.3 Å².